The van der Waals surface area contributed by atoms with Gasteiger partial charge in [0.05, 0.1) is 0 Å². The standard InChI is InChI=1S/C40H26O/c1-2-9-28-24-39-38(23-27(28)8-1)36-15-7-14-30(40(36)41-39)26-18-16-25(17-19-26)29-20-21-35-33-12-4-3-10-31(33)32-11-5-6-13-34(32)37(35)22-29/h1-3,5-11,13-24H,4,12H2. The Kier molecular flexibility index (Phi) is 4.80. The van der Waals surface area contributed by atoms with Crippen LogP contribution in [-0.2, 0) is 6.42 Å². The van der Waals surface area contributed by atoms with Gasteiger partial charge in [0.25, 0.3) is 0 Å². The zero-order valence-corrected chi connectivity index (χ0v) is 22.5. The van der Waals surface area contributed by atoms with Gasteiger partial charge in [-0.05, 0) is 91.2 Å². The van der Waals surface area contributed by atoms with E-state index < -0.39 is 0 Å². The molecule has 0 unspecified atom stereocenters. The van der Waals surface area contributed by atoms with Crippen molar-refractivity contribution in [3.05, 3.63) is 139 Å². The summed E-state index contributed by atoms with van der Waals surface area (Å²) >= 11 is 0. The Morgan fingerprint density at radius 1 is 0.488 bits per heavy atom. The molecule has 0 amide bonds. The summed E-state index contributed by atoms with van der Waals surface area (Å²) < 4.78 is 6.49. The molecule has 1 heterocycles. The third-order valence-corrected chi connectivity index (χ3v) is 8.92. The molecule has 41 heavy (non-hydrogen) atoms. The molecule has 1 nitrogen and oxygen atoms in total. The maximum atomic E-state index is 6.49. The Balaban J connectivity index is 1.16. The molecular formula is C40H26O. The third kappa shape index (κ3) is 3.42. The van der Waals surface area contributed by atoms with E-state index in [0.29, 0.717) is 0 Å². The van der Waals surface area contributed by atoms with E-state index in [-0.39, 0.29) is 0 Å². The molecule has 0 fully saturated rings. The molecule has 0 bridgehead atoms. The molecule has 1 aliphatic carbocycles. The molecule has 7 aromatic carbocycles. The summed E-state index contributed by atoms with van der Waals surface area (Å²) in [5.41, 5.74) is 9.51. The zero-order chi connectivity index (χ0) is 26.9. The van der Waals surface area contributed by atoms with Crippen LogP contribution in [0, 0.1) is 0 Å². The van der Waals surface area contributed by atoms with E-state index in [1.54, 1.807) is 0 Å². The SMILES string of the molecule is C1=Cc2c(c3ccc(-c4ccc(-c5cccc6c5oc5cc7ccccc7cc56)cc4)cc3c3ccccc23)CC1. The Morgan fingerprint density at radius 3 is 2.10 bits per heavy atom. The Bertz CT molecular complexity index is 2350. The Morgan fingerprint density at radius 2 is 1.22 bits per heavy atom. The molecule has 0 saturated heterocycles. The Hall–Kier alpha value is -5.14. The lowest BCUT2D eigenvalue weighted by atomic mass is 9.86. The summed E-state index contributed by atoms with van der Waals surface area (Å²) in [6.45, 7) is 0. The fourth-order valence-corrected chi connectivity index (χ4v) is 6.91. The van der Waals surface area contributed by atoms with Gasteiger partial charge in [-0.25, -0.2) is 0 Å². The molecule has 1 heteroatoms. The lowest BCUT2D eigenvalue weighted by Crippen LogP contribution is -1.97. The second-order valence-corrected chi connectivity index (χ2v) is 11.2. The molecule has 0 N–H and O–H groups in total. The molecule has 8 aromatic rings. The van der Waals surface area contributed by atoms with Crippen molar-refractivity contribution < 1.29 is 4.42 Å². The second-order valence-electron chi connectivity index (χ2n) is 11.2. The number of rotatable bonds is 2. The van der Waals surface area contributed by atoms with Gasteiger partial charge in [-0.3, -0.25) is 0 Å². The molecule has 0 atom stereocenters. The maximum absolute atomic E-state index is 6.49. The minimum atomic E-state index is 0.934. The number of furan rings is 1. The number of para-hydroxylation sites is 1. The van der Waals surface area contributed by atoms with Crippen molar-refractivity contribution in [2.75, 3.05) is 0 Å². The monoisotopic (exact) mass is 522 g/mol. The van der Waals surface area contributed by atoms with E-state index in [0.717, 1.165) is 40.5 Å². The van der Waals surface area contributed by atoms with Crippen LogP contribution in [0.3, 0.4) is 0 Å². The quantitative estimate of drug-likeness (QED) is 0.206. The van der Waals surface area contributed by atoms with Gasteiger partial charge >= 0.3 is 0 Å². The van der Waals surface area contributed by atoms with Crippen LogP contribution in [0.25, 0.3) is 82.6 Å². The number of fused-ring (bicyclic) bond motifs is 10. The summed E-state index contributed by atoms with van der Waals surface area (Å²) in [5.74, 6) is 0. The van der Waals surface area contributed by atoms with Gasteiger partial charge in [0.1, 0.15) is 11.2 Å². The van der Waals surface area contributed by atoms with E-state index in [1.807, 2.05) is 0 Å². The molecule has 0 saturated carbocycles. The summed E-state index contributed by atoms with van der Waals surface area (Å²) in [7, 11) is 0. The van der Waals surface area contributed by atoms with Crippen LogP contribution in [0.4, 0.5) is 0 Å². The molecule has 1 aliphatic rings. The average Bonchev–Trinajstić information content (AvgIpc) is 3.41. The van der Waals surface area contributed by atoms with Crippen LogP contribution in [0.5, 0.6) is 0 Å². The van der Waals surface area contributed by atoms with Gasteiger partial charge in [0, 0.05) is 16.3 Å². The number of aryl methyl sites for hydroxylation is 1. The zero-order valence-electron chi connectivity index (χ0n) is 22.5. The smallest absolute Gasteiger partial charge is 0.143 e. The summed E-state index contributed by atoms with van der Waals surface area (Å²) in [5, 5.41) is 10.2. The first-order chi connectivity index (χ1) is 20.3. The summed E-state index contributed by atoms with van der Waals surface area (Å²) in [6, 6.07) is 44.2. The van der Waals surface area contributed by atoms with Crippen molar-refractivity contribution in [2.24, 2.45) is 0 Å². The predicted octanol–water partition coefficient (Wildman–Crippen LogP) is 11.3. The third-order valence-electron chi connectivity index (χ3n) is 8.92. The van der Waals surface area contributed by atoms with Crippen LogP contribution in [0.15, 0.2) is 132 Å². The normalized spacial score (nSPS) is 13.1. The topological polar surface area (TPSA) is 13.1 Å². The summed E-state index contributed by atoms with van der Waals surface area (Å²) in [4.78, 5) is 0. The minimum absolute atomic E-state index is 0.934. The molecule has 192 valence electrons. The Labute approximate surface area is 238 Å². The molecule has 0 aliphatic heterocycles. The molecule has 1 aromatic heterocycles. The van der Waals surface area contributed by atoms with Crippen LogP contribution in [0.2, 0.25) is 0 Å². The van der Waals surface area contributed by atoms with Gasteiger partial charge in [0.2, 0.25) is 0 Å². The first-order valence-corrected chi connectivity index (χ1v) is 14.4. The van der Waals surface area contributed by atoms with Crippen LogP contribution in [-0.4, -0.2) is 0 Å². The maximum Gasteiger partial charge on any atom is 0.143 e. The minimum Gasteiger partial charge on any atom is -0.455 e. The van der Waals surface area contributed by atoms with Gasteiger partial charge in [-0.2, -0.15) is 0 Å². The highest BCUT2D eigenvalue weighted by atomic mass is 16.3. The average molecular weight is 523 g/mol. The van der Waals surface area contributed by atoms with Gasteiger partial charge in [-0.1, -0.05) is 115 Å². The first-order valence-electron chi connectivity index (χ1n) is 14.4. The highest BCUT2D eigenvalue weighted by molar-refractivity contribution is 6.15. The van der Waals surface area contributed by atoms with Crippen LogP contribution in [0.1, 0.15) is 17.5 Å². The molecule has 9 rings (SSSR count). The van der Waals surface area contributed by atoms with Crippen LogP contribution < -0.4 is 0 Å². The van der Waals surface area contributed by atoms with Crippen molar-refractivity contribution in [2.45, 2.75) is 12.8 Å². The predicted molar refractivity (Wildman–Crippen MR) is 174 cm³/mol. The number of benzene rings is 7. The van der Waals surface area contributed by atoms with E-state index in [4.69, 9.17) is 4.42 Å². The fourth-order valence-electron chi connectivity index (χ4n) is 6.91. The van der Waals surface area contributed by atoms with Gasteiger partial charge < -0.3 is 4.42 Å². The van der Waals surface area contributed by atoms with Crippen molar-refractivity contribution in [1.82, 2.24) is 0 Å². The highest BCUT2D eigenvalue weighted by Crippen LogP contribution is 2.40. The largest absolute Gasteiger partial charge is 0.455 e. The summed E-state index contributed by atoms with van der Waals surface area (Å²) in [6.07, 6.45) is 6.84. The van der Waals surface area contributed by atoms with Gasteiger partial charge in [-0.15, -0.1) is 0 Å². The highest BCUT2D eigenvalue weighted by Gasteiger charge is 2.16. The van der Waals surface area contributed by atoms with E-state index in [9.17, 15) is 0 Å². The second kappa shape index (κ2) is 8.68. The van der Waals surface area contributed by atoms with Crippen LogP contribution >= 0.6 is 0 Å². The lowest BCUT2D eigenvalue weighted by molar-refractivity contribution is 0.670. The molecular weight excluding hydrogens is 496 g/mol. The number of hydrogen-bond acceptors (Lipinski definition) is 1. The van der Waals surface area contributed by atoms with Crippen molar-refractivity contribution in [3.63, 3.8) is 0 Å². The van der Waals surface area contributed by atoms with Crippen molar-refractivity contribution in [3.8, 4) is 22.3 Å². The van der Waals surface area contributed by atoms with Crippen molar-refractivity contribution >= 4 is 60.3 Å². The van der Waals surface area contributed by atoms with E-state index in [1.165, 1.54) is 60.0 Å². The number of allylic oxidation sites excluding steroid dienone is 1. The fraction of sp³-hybridized carbons (Fsp3) is 0.0500. The first kappa shape index (κ1) is 22.7. The molecule has 0 spiro atoms. The molecule has 0 radical (unpaired) electrons. The van der Waals surface area contributed by atoms with E-state index in [2.05, 4.69) is 133 Å². The number of hydrogen-bond donors (Lipinski definition) is 0. The van der Waals surface area contributed by atoms with Crippen molar-refractivity contribution in [1.29, 1.82) is 0 Å². The van der Waals surface area contributed by atoms with E-state index >= 15 is 0 Å². The lowest BCUT2D eigenvalue weighted by Gasteiger charge is -2.18. The van der Waals surface area contributed by atoms with Gasteiger partial charge in [0.15, 0.2) is 0 Å².